The van der Waals surface area contributed by atoms with Crippen molar-refractivity contribution in [3.8, 4) is 0 Å². The van der Waals surface area contributed by atoms with E-state index in [0.717, 1.165) is 0 Å². The Balaban J connectivity index is 3.70. The van der Waals surface area contributed by atoms with Gasteiger partial charge in [-0.05, 0) is 11.6 Å². The summed E-state index contributed by atoms with van der Waals surface area (Å²) in [5.41, 5.74) is -4.60. The number of hydrogen-bond acceptors (Lipinski definition) is 4. The number of alkyl halides is 2. The van der Waals surface area contributed by atoms with Crippen LogP contribution in [0.3, 0.4) is 0 Å². The van der Waals surface area contributed by atoms with Crippen LogP contribution in [0.5, 0.6) is 0 Å². The van der Waals surface area contributed by atoms with E-state index in [1.165, 1.54) is 0 Å². The summed E-state index contributed by atoms with van der Waals surface area (Å²) in [4.78, 5) is 32.8. The van der Waals surface area contributed by atoms with E-state index in [0.29, 0.717) is 6.20 Å². The Morgan fingerprint density at radius 2 is 2.12 bits per heavy atom. The zero-order valence-corrected chi connectivity index (χ0v) is 8.12. The molecule has 0 spiro atoms. The smallest absolute Gasteiger partial charge is 0.323 e. The molecule has 86 valence electrons. The molecule has 1 N–H and O–H groups in total. The number of nitrogens with one attached hydrogen (secondary N) is 1. The van der Waals surface area contributed by atoms with Gasteiger partial charge >= 0.3 is 11.2 Å². The van der Waals surface area contributed by atoms with Gasteiger partial charge < -0.3 is 4.98 Å². The van der Waals surface area contributed by atoms with E-state index in [1.54, 1.807) is 4.98 Å². The fourth-order valence-electron chi connectivity index (χ4n) is 1.09. The first-order valence-electron chi connectivity index (χ1n) is 3.74. The lowest BCUT2D eigenvalue weighted by atomic mass is 10.1. The molecule has 0 aliphatic carbocycles. The van der Waals surface area contributed by atoms with Crippen LogP contribution in [0, 0.1) is 10.1 Å². The Bertz CT molecular complexity index is 514. The first-order chi connectivity index (χ1) is 7.36. The number of carbonyl (C=O) groups excluding carboxylic acids is 1. The van der Waals surface area contributed by atoms with Crippen LogP contribution < -0.4 is 5.56 Å². The van der Waals surface area contributed by atoms with Crippen molar-refractivity contribution in [3.05, 3.63) is 37.8 Å². The van der Waals surface area contributed by atoms with E-state index in [2.05, 4.69) is 0 Å². The maximum Gasteiger partial charge on any atom is 0.346 e. The van der Waals surface area contributed by atoms with E-state index in [-0.39, 0.29) is 0 Å². The minimum atomic E-state index is -3.16. The summed E-state index contributed by atoms with van der Waals surface area (Å²) in [5, 5.41) is 8.97. The van der Waals surface area contributed by atoms with Crippen molar-refractivity contribution in [3.63, 3.8) is 0 Å². The van der Waals surface area contributed by atoms with Crippen LogP contribution in [0.15, 0.2) is 11.0 Å². The van der Waals surface area contributed by atoms with Crippen LogP contribution in [0.2, 0.25) is 0 Å². The highest BCUT2D eigenvalue weighted by molar-refractivity contribution is 6.68. The van der Waals surface area contributed by atoms with Gasteiger partial charge in [-0.1, -0.05) is 0 Å². The van der Waals surface area contributed by atoms with Gasteiger partial charge in [0.05, 0.1) is 10.5 Å². The van der Waals surface area contributed by atoms with Crippen LogP contribution in [0.1, 0.15) is 22.3 Å². The molecule has 0 aliphatic rings. The largest absolute Gasteiger partial charge is 0.346 e. The fourth-order valence-corrected chi connectivity index (χ4v) is 1.29. The van der Waals surface area contributed by atoms with Crippen LogP contribution in [0.4, 0.5) is 14.5 Å². The van der Waals surface area contributed by atoms with Crippen LogP contribution in [-0.4, -0.2) is 15.1 Å². The Hall–Kier alpha value is -1.83. The highest BCUT2D eigenvalue weighted by Crippen LogP contribution is 2.27. The standard InChI is InChI=1S/C7H3ClF2N2O4/c8-5(13)3-2(6(9)10)1-11-7(14)4(3)12(15)16/h1,6H,(H,11,14). The quantitative estimate of drug-likeness (QED) is 0.502. The second kappa shape index (κ2) is 4.35. The fraction of sp³-hybridized carbons (Fsp3) is 0.143. The van der Waals surface area contributed by atoms with Gasteiger partial charge in [0, 0.05) is 6.20 Å². The lowest BCUT2D eigenvalue weighted by Gasteiger charge is -2.04. The summed E-state index contributed by atoms with van der Waals surface area (Å²) in [5.74, 6) is 0. The number of nitrogens with zero attached hydrogens (tertiary/aromatic N) is 1. The molecule has 0 atom stereocenters. The Labute approximate surface area is 91.0 Å². The molecule has 0 saturated carbocycles. The summed E-state index contributed by atoms with van der Waals surface area (Å²) >= 11 is 4.94. The van der Waals surface area contributed by atoms with E-state index >= 15 is 0 Å². The number of rotatable bonds is 3. The van der Waals surface area contributed by atoms with Crippen molar-refractivity contribution in [1.29, 1.82) is 0 Å². The van der Waals surface area contributed by atoms with Crippen molar-refractivity contribution < 1.29 is 18.5 Å². The first kappa shape index (κ1) is 12.2. The molecule has 0 aliphatic heterocycles. The highest BCUT2D eigenvalue weighted by Gasteiger charge is 2.30. The Morgan fingerprint density at radius 3 is 2.50 bits per heavy atom. The number of aromatic amines is 1. The zero-order valence-electron chi connectivity index (χ0n) is 7.37. The molecule has 0 bridgehead atoms. The second-order valence-corrected chi connectivity index (χ2v) is 2.97. The van der Waals surface area contributed by atoms with Gasteiger partial charge in [-0.3, -0.25) is 19.7 Å². The van der Waals surface area contributed by atoms with Gasteiger partial charge in [0.2, 0.25) is 0 Å². The number of hydrogen-bond donors (Lipinski definition) is 1. The lowest BCUT2D eigenvalue weighted by molar-refractivity contribution is -0.386. The average molecular weight is 253 g/mol. The summed E-state index contributed by atoms with van der Waals surface area (Å²) in [6.07, 6.45) is -2.64. The molecule has 1 aromatic rings. The molecule has 0 fully saturated rings. The summed E-state index contributed by atoms with van der Waals surface area (Å²) in [6, 6.07) is 0. The third-order valence-corrected chi connectivity index (χ3v) is 1.90. The van der Waals surface area contributed by atoms with Gasteiger partial charge in [-0.2, -0.15) is 0 Å². The van der Waals surface area contributed by atoms with Crippen LogP contribution in [0.25, 0.3) is 0 Å². The van der Waals surface area contributed by atoms with E-state index in [9.17, 15) is 28.5 Å². The first-order valence-corrected chi connectivity index (χ1v) is 4.12. The molecule has 0 unspecified atom stereocenters. The predicted octanol–water partition coefficient (Wildman–Crippen LogP) is 1.60. The lowest BCUT2D eigenvalue weighted by Crippen LogP contribution is -2.17. The van der Waals surface area contributed by atoms with Gasteiger partial charge in [0.25, 0.3) is 11.7 Å². The minimum absolute atomic E-state index is 0.523. The molecular weight excluding hydrogens is 250 g/mol. The zero-order chi connectivity index (χ0) is 12.5. The molecule has 6 nitrogen and oxygen atoms in total. The molecule has 0 amide bonds. The van der Waals surface area contributed by atoms with Crippen molar-refractivity contribution in [2.24, 2.45) is 0 Å². The van der Waals surface area contributed by atoms with Gasteiger partial charge in [-0.25, -0.2) is 8.78 Å². The Morgan fingerprint density at radius 1 is 1.56 bits per heavy atom. The van der Waals surface area contributed by atoms with Crippen molar-refractivity contribution >= 4 is 22.5 Å². The van der Waals surface area contributed by atoms with Crippen molar-refractivity contribution in [2.45, 2.75) is 6.43 Å². The van der Waals surface area contributed by atoms with Gasteiger partial charge in [0.1, 0.15) is 5.56 Å². The molecule has 1 aromatic heterocycles. The molecule has 1 rings (SSSR count). The van der Waals surface area contributed by atoms with Crippen LogP contribution >= 0.6 is 11.6 Å². The molecular formula is C7H3ClF2N2O4. The van der Waals surface area contributed by atoms with E-state index in [1.807, 2.05) is 0 Å². The molecule has 9 heteroatoms. The summed E-state index contributed by atoms with van der Waals surface area (Å²) in [7, 11) is 0. The minimum Gasteiger partial charge on any atom is -0.323 e. The number of pyridine rings is 1. The van der Waals surface area contributed by atoms with E-state index < -0.39 is 39.0 Å². The van der Waals surface area contributed by atoms with Gasteiger partial charge in [-0.15, -0.1) is 0 Å². The van der Waals surface area contributed by atoms with Crippen LogP contribution in [-0.2, 0) is 0 Å². The molecule has 1 heterocycles. The third-order valence-electron chi connectivity index (χ3n) is 1.71. The topological polar surface area (TPSA) is 93.1 Å². The van der Waals surface area contributed by atoms with E-state index in [4.69, 9.17) is 11.6 Å². The number of H-pyrrole nitrogens is 1. The monoisotopic (exact) mass is 252 g/mol. The summed E-state index contributed by atoms with van der Waals surface area (Å²) in [6.45, 7) is 0. The van der Waals surface area contributed by atoms with Crippen molar-refractivity contribution in [2.75, 3.05) is 0 Å². The molecule has 16 heavy (non-hydrogen) atoms. The number of halogens is 3. The number of aromatic nitrogens is 1. The third kappa shape index (κ3) is 2.06. The Kier molecular flexibility index (Phi) is 3.33. The predicted molar refractivity (Wildman–Crippen MR) is 48.9 cm³/mol. The number of carbonyl (C=O) groups is 1. The SMILES string of the molecule is O=C(Cl)c1c(C(F)F)c[nH]c(=O)c1[N+](=O)[O-]. The summed E-state index contributed by atoms with van der Waals surface area (Å²) < 4.78 is 24.8. The maximum absolute atomic E-state index is 12.4. The molecule has 0 aromatic carbocycles. The molecule has 0 saturated heterocycles. The van der Waals surface area contributed by atoms with Crippen molar-refractivity contribution in [1.82, 2.24) is 4.98 Å². The highest BCUT2D eigenvalue weighted by atomic mass is 35.5. The molecule has 0 radical (unpaired) electrons. The maximum atomic E-state index is 12.4. The van der Waals surface area contributed by atoms with Gasteiger partial charge in [0.15, 0.2) is 0 Å². The average Bonchev–Trinajstić information content (AvgIpc) is 2.15. The normalized spacial score (nSPS) is 10.5. The second-order valence-electron chi connectivity index (χ2n) is 2.63. The number of nitro groups is 1.